The summed E-state index contributed by atoms with van der Waals surface area (Å²) in [6.07, 6.45) is 3.58. The number of carbonyl (C=O) groups is 2. The van der Waals surface area contributed by atoms with Crippen LogP contribution in [0, 0.1) is 0 Å². The monoisotopic (exact) mass is 516 g/mol. The summed E-state index contributed by atoms with van der Waals surface area (Å²) in [5.74, 6) is 0.523. The third-order valence-corrected chi connectivity index (χ3v) is 6.82. The molecule has 8 nitrogen and oxygen atoms in total. The number of ether oxygens (including phenoxy) is 2. The van der Waals surface area contributed by atoms with Crippen LogP contribution in [0.5, 0.6) is 11.5 Å². The van der Waals surface area contributed by atoms with Crippen LogP contribution in [0.4, 0.5) is 5.69 Å². The Balaban J connectivity index is 1.54. The third-order valence-electron chi connectivity index (χ3n) is 6.82. The second-order valence-electron chi connectivity index (χ2n) is 9.44. The standard InChI is InChI=1S/C30H36N4O4/c1-37-27-13-12-24(17-28(27)38-2)30(36)33-26-16-23(10-11-25(26)20-34-14-4-3-5-15-34)29(35)32-19-22-8-6-21(18-31)7-9-22/h6-13,16-17H,3-5,14-15,18-20,31H2,1-2H3,(H,32,35)(H,33,36). The molecule has 0 aromatic heterocycles. The Morgan fingerprint density at radius 1 is 0.816 bits per heavy atom. The molecule has 1 heterocycles. The largest absolute Gasteiger partial charge is 0.493 e. The SMILES string of the molecule is COc1ccc(C(=O)Nc2cc(C(=O)NCc3ccc(CN)cc3)ccc2CN2CCCCC2)cc1OC. The molecule has 0 aliphatic carbocycles. The molecule has 3 aromatic carbocycles. The van der Waals surface area contributed by atoms with E-state index < -0.39 is 0 Å². The summed E-state index contributed by atoms with van der Waals surface area (Å²) in [6.45, 7) is 3.63. The van der Waals surface area contributed by atoms with Gasteiger partial charge >= 0.3 is 0 Å². The number of piperidine rings is 1. The number of hydrogen-bond donors (Lipinski definition) is 3. The van der Waals surface area contributed by atoms with Crippen molar-refractivity contribution in [2.45, 2.75) is 38.9 Å². The molecule has 38 heavy (non-hydrogen) atoms. The Labute approximate surface area is 224 Å². The van der Waals surface area contributed by atoms with Crippen molar-refractivity contribution < 1.29 is 19.1 Å². The smallest absolute Gasteiger partial charge is 0.255 e. The first-order chi connectivity index (χ1) is 18.5. The summed E-state index contributed by atoms with van der Waals surface area (Å²) in [6, 6.07) is 18.4. The van der Waals surface area contributed by atoms with E-state index in [1.807, 2.05) is 36.4 Å². The number of rotatable bonds is 10. The van der Waals surface area contributed by atoms with E-state index in [4.69, 9.17) is 15.2 Å². The van der Waals surface area contributed by atoms with E-state index in [9.17, 15) is 9.59 Å². The minimum absolute atomic E-state index is 0.209. The van der Waals surface area contributed by atoms with Crippen LogP contribution in [0.25, 0.3) is 0 Å². The number of anilines is 1. The van der Waals surface area contributed by atoms with Gasteiger partial charge in [0.2, 0.25) is 0 Å². The first kappa shape index (κ1) is 27.2. The molecule has 0 bridgehead atoms. The predicted octanol–water partition coefficient (Wildman–Crippen LogP) is 4.33. The van der Waals surface area contributed by atoms with Gasteiger partial charge in [-0.1, -0.05) is 36.8 Å². The van der Waals surface area contributed by atoms with Crippen molar-refractivity contribution in [3.05, 3.63) is 88.5 Å². The summed E-state index contributed by atoms with van der Waals surface area (Å²) >= 11 is 0. The van der Waals surface area contributed by atoms with Crippen LogP contribution < -0.4 is 25.8 Å². The number of benzene rings is 3. The number of hydrogen-bond acceptors (Lipinski definition) is 6. The lowest BCUT2D eigenvalue weighted by Gasteiger charge is -2.27. The summed E-state index contributed by atoms with van der Waals surface area (Å²) in [7, 11) is 3.08. The van der Waals surface area contributed by atoms with E-state index in [1.54, 1.807) is 31.4 Å². The topological polar surface area (TPSA) is 106 Å². The van der Waals surface area contributed by atoms with Gasteiger partial charge in [-0.05, 0) is 73.0 Å². The average Bonchev–Trinajstić information content (AvgIpc) is 2.97. The van der Waals surface area contributed by atoms with Crippen LogP contribution in [-0.2, 0) is 19.6 Å². The van der Waals surface area contributed by atoms with Crippen molar-refractivity contribution >= 4 is 17.5 Å². The van der Waals surface area contributed by atoms with Gasteiger partial charge in [0.15, 0.2) is 11.5 Å². The number of amides is 2. The highest BCUT2D eigenvalue weighted by Crippen LogP contribution is 2.29. The second-order valence-corrected chi connectivity index (χ2v) is 9.44. The Kier molecular flexibility index (Phi) is 9.35. The van der Waals surface area contributed by atoms with Crippen LogP contribution in [0.15, 0.2) is 60.7 Å². The maximum Gasteiger partial charge on any atom is 0.255 e. The van der Waals surface area contributed by atoms with E-state index in [0.29, 0.717) is 47.9 Å². The molecule has 2 amide bonds. The van der Waals surface area contributed by atoms with Crippen LogP contribution in [-0.4, -0.2) is 44.0 Å². The fourth-order valence-corrected chi connectivity index (χ4v) is 4.58. The molecular weight excluding hydrogens is 480 g/mol. The molecule has 4 rings (SSSR count). The number of nitrogens with two attached hydrogens (primary N) is 1. The van der Waals surface area contributed by atoms with Gasteiger partial charge in [-0.25, -0.2) is 0 Å². The van der Waals surface area contributed by atoms with E-state index in [-0.39, 0.29) is 11.8 Å². The van der Waals surface area contributed by atoms with Gasteiger partial charge in [-0.3, -0.25) is 14.5 Å². The molecule has 1 saturated heterocycles. The highest BCUT2D eigenvalue weighted by molar-refractivity contribution is 6.06. The van der Waals surface area contributed by atoms with Crippen molar-refractivity contribution in [1.29, 1.82) is 0 Å². The highest BCUT2D eigenvalue weighted by atomic mass is 16.5. The summed E-state index contributed by atoms with van der Waals surface area (Å²) in [5, 5.41) is 6.00. The second kappa shape index (κ2) is 13.1. The van der Waals surface area contributed by atoms with Crippen molar-refractivity contribution in [1.82, 2.24) is 10.2 Å². The van der Waals surface area contributed by atoms with E-state index in [0.717, 1.165) is 29.8 Å². The molecule has 3 aromatic rings. The van der Waals surface area contributed by atoms with Crippen molar-refractivity contribution in [3.63, 3.8) is 0 Å². The van der Waals surface area contributed by atoms with Gasteiger partial charge in [-0.15, -0.1) is 0 Å². The molecule has 0 saturated carbocycles. The lowest BCUT2D eigenvalue weighted by atomic mass is 10.0. The lowest BCUT2D eigenvalue weighted by Crippen LogP contribution is -2.30. The molecule has 1 aliphatic heterocycles. The minimum Gasteiger partial charge on any atom is -0.493 e. The fraction of sp³-hybridized carbons (Fsp3) is 0.333. The van der Waals surface area contributed by atoms with Crippen LogP contribution in [0.3, 0.4) is 0 Å². The summed E-state index contributed by atoms with van der Waals surface area (Å²) < 4.78 is 10.6. The first-order valence-electron chi connectivity index (χ1n) is 13.0. The molecule has 1 fully saturated rings. The molecule has 0 radical (unpaired) electrons. The number of likely N-dealkylation sites (tertiary alicyclic amines) is 1. The zero-order valence-electron chi connectivity index (χ0n) is 22.1. The van der Waals surface area contributed by atoms with Gasteiger partial charge in [0.1, 0.15) is 0 Å². The normalized spacial score (nSPS) is 13.6. The first-order valence-corrected chi connectivity index (χ1v) is 13.0. The Morgan fingerprint density at radius 3 is 2.16 bits per heavy atom. The van der Waals surface area contributed by atoms with Gasteiger partial charge in [0.25, 0.3) is 11.8 Å². The molecule has 4 N–H and O–H groups in total. The predicted molar refractivity (Wildman–Crippen MR) is 149 cm³/mol. The van der Waals surface area contributed by atoms with Crippen LogP contribution in [0.1, 0.15) is 56.7 Å². The van der Waals surface area contributed by atoms with Crippen molar-refractivity contribution in [2.75, 3.05) is 32.6 Å². The number of methoxy groups -OCH3 is 2. The third kappa shape index (κ3) is 6.90. The maximum absolute atomic E-state index is 13.2. The number of nitrogens with one attached hydrogen (secondary N) is 2. The molecular formula is C30H36N4O4. The number of carbonyl (C=O) groups excluding carboxylic acids is 2. The average molecular weight is 517 g/mol. The van der Waals surface area contributed by atoms with Crippen molar-refractivity contribution in [2.24, 2.45) is 5.73 Å². The van der Waals surface area contributed by atoms with Gasteiger partial charge < -0.3 is 25.8 Å². The molecule has 1 aliphatic rings. The van der Waals surface area contributed by atoms with Crippen molar-refractivity contribution in [3.8, 4) is 11.5 Å². The van der Waals surface area contributed by atoms with Crippen LogP contribution >= 0.6 is 0 Å². The maximum atomic E-state index is 13.2. The fourth-order valence-electron chi connectivity index (χ4n) is 4.58. The van der Waals surface area contributed by atoms with E-state index in [1.165, 1.54) is 26.4 Å². The molecule has 200 valence electrons. The zero-order chi connectivity index (χ0) is 26.9. The number of nitrogens with zero attached hydrogens (tertiary/aromatic N) is 1. The molecule has 8 heteroatoms. The van der Waals surface area contributed by atoms with E-state index >= 15 is 0 Å². The Hall–Kier alpha value is -3.88. The quantitative estimate of drug-likeness (QED) is 0.370. The molecule has 0 atom stereocenters. The highest BCUT2D eigenvalue weighted by Gasteiger charge is 2.18. The van der Waals surface area contributed by atoms with E-state index in [2.05, 4.69) is 15.5 Å². The van der Waals surface area contributed by atoms with Gasteiger partial charge in [0, 0.05) is 36.4 Å². The lowest BCUT2D eigenvalue weighted by molar-refractivity contribution is 0.0949. The molecule has 0 unspecified atom stereocenters. The van der Waals surface area contributed by atoms with Gasteiger partial charge in [-0.2, -0.15) is 0 Å². The van der Waals surface area contributed by atoms with Crippen LogP contribution in [0.2, 0.25) is 0 Å². The summed E-state index contributed by atoms with van der Waals surface area (Å²) in [5.41, 5.74) is 10.2. The molecule has 0 spiro atoms. The minimum atomic E-state index is -0.289. The summed E-state index contributed by atoms with van der Waals surface area (Å²) in [4.78, 5) is 28.6. The Morgan fingerprint density at radius 2 is 1.47 bits per heavy atom. The van der Waals surface area contributed by atoms with Gasteiger partial charge in [0.05, 0.1) is 14.2 Å². The zero-order valence-corrected chi connectivity index (χ0v) is 22.1. The Bertz CT molecular complexity index is 1250.